The zero-order valence-electron chi connectivity index (χ0n) is 14.9. The Labute approximate surface area is 166 Å². The van der Waals surface area contributed by atoms with E-state index in [1.165, 1.54) is 7.05 Å². The van der Waals surface area contributed by atoms with Gasteiger partial charge in [0, 0.05) is 23.9 Å². The molecule has 0 amide bonds. The van der Waals surface area contributed by atoms with E-state index in [-0.39, 0.29) is 11.3 Å². The average molecular weight is 407 g/mol. The first-order valence-corrected chi connectivity index (χ1v) is 10.2. The molecule has 3 aromatic heterocycles. The first-order valence-electron chi connectivity index (χ1n) is 8.48. The van der Waals surface area contributed by atoms with Gasteiger partial charge < -0.3 is 4.74 Å². The Morgan fingerprint density at radius 2 is 1.93 bits per heavy atom. The molecule has 0 bridgehead atoms. The molecule has 8 heteroatoms. The van der Waals surface area contributed by atoms with Gasteiger partial charge in [-0.25, -0.2) is 14.5 Å². The van der Waals surface area contributed by atoms with Crippen molar-refractivity contribution in [1.82, 2.24) is 14.8 Å². The van der Waals surface area contributed by atoms with Gasteiger partial charge in [0.25, 0.3) is 5.56 Å². The van der Waals surface area contributed by atoms with Crippen LogP contribution < -0.4 is 10.3 Å². The van der Waals surface area contributed by atoms with Crippen LogP contribution in [0.4, 0.5) is 0 Å². The lowest BCUT2D eigenvalue weighted by atomic mass is 10.1. The molecule has 0 aliphatic rings. The van der Waals surface area contributed by atoms with Crippen LogP contribution >= 0.6 is 22.7 Å². The lowest BCUT2D eigenvalue weighted by Crippen LogP contribution is -2.24. The van der Waals surface area contributed by atoms with Crippen LogP contribution in [0.5, 0.6) is 5.75 Å². The fourth-order valence-electron chi connectivity index (χ4n) is 3.27. The highest BCUT2D eigenvalue weighted by molar-refractivity contribution is 7.21. The maximum atomic E-state index is 13.0. The summed E-state index contributed by atoms with van der Waals surface area (Å²) >= 11 is 3.12. The van der Waals surface area contributed by atoms with Crippen molar-refractivity contribution in [2.75, 3.05) is 0 Å². The van der Waals surface area contributed by atoms with Crippen molar-refractivity contribution in [3.63, 3.8) is 0 Å². The number of aryl methyl sites for hydroxylation is 2. The molecule has 0 saturated carbocycles. The fraction of sp³-hybridized carbons (Fsp3) is 0.100. The molecule has 0 spiro atoms. The van der Waals surface area contributed by atoms with Gasteiger partial charge in [0.15, 0.2) is 5.69 Å². The molecule has 3 heterocycles. The number of esters is 1. The number of carbonyl (C=O) groups excluding carboxylic acids is 1. The van der Waals surface area contributed by atoms with Crippen LogP contribution in [0.25, 0.3) is 31.1 Å². The number of thiophene rings is 1. The summed E-state index contributed by atoms with van der Waals surface area (Å²) in [7, 11) is 1.52. The van der Waals surface area contributed by atoms with Crippen molar-refractivity contribution in [2.24, 2.45) is 7.05 Å². The predicted molar refractivity (Wildman–Crippen MR) is 112 cm³/mol. The van der Waals surface area contributed by atoms with Gasteiger partial charge in [-0.05, 0) is 24.4 Å². The maximum absolute atomic E-state index is 13.0. The Balaban J connectivity index is 1.67. The third kappa shape index (κ3) is 2.53. The van der Waals surface area contributed by atoms with Crippen molar-refractivity contribution in [1.29, 1.82) is 0 Å². The monoisotopic (exact) mass is 407 g/mol. The Hall–Kier alpha value is -3.10. The van der Waals surface area contributed by atoms with Gasteiger partial charge in [0.05, 0.1) is 25.3 Å². The van der Waals surface area contributed by atoms with Gasteiger partial charge in [-0.1, -0.05) is 18.2 Å². The molecule has 138 valence electrons. The van der Waals surface area contributed by atoms with Crippen molar-refractivity contribution in [3.8, 4) is 5.75 Å². The highest BCUT2D eigenvalue weighted by atomic mass is 32.1. The van der Waals surface area contributed by atoms with E-state index in [1.54, 1.807) is 46.9 Å². The minimum absolute atomic E-state index is 0.113. The molecule has 0 N–H and O–H groups in total. The molecular formula is C20H13N3O3S2. The average Bonchev–Trinajstić information content (AvgIpc) is 3.30. The van der Waals surface area contributed by atoms with E-state index < -0.39 is 5.97 Å². The summed E-state index contributed by atoms with van der Waals surface area (Å²) in [5, 5.41) is 8.81. The van der Waals surface area contributed by atoms with Gasteiger partial charge in [-0.3, -0.25) is 4.79 Å². The van der Waals surface area contributed by atoms with Gasteiger partial charge in [0.2, 0.25) is 0 Å². The number of benzene rings is 2. The zero-order valence-corrected chi connectivity index (χ0v) is 16.6. The molecule has 0 unspecified atom stereocenters. The molecule has 5 aromatic rings. The molecule has 0 aliphatic carbocycles. The predicted octanol–water partition coefficient (Wildman–Crippen LogP) is 4.29. The lowest BCUT2D eigenvalue weighted by Gasteiger charge is -2.09. The number of carbonyl (C=O) groups is 1. The van der Waals surface area contributed by atoms with E-state index in [0.717, 1.165) is 30.0 Å². The first-order chi connectivity index (χ1) is 13.5. The molecule has 0 atom stereocenters. The van der Waals surface area contributed by atoms with Crippen molar-refractivity contribution in [2.45, 2.75) is 6.92 Å². The van der Waals surface area contributed by atoms with E-state index in [9.17, 15) is 9.59 Å². The number of nitrogens with zero attached hydrogens (tertiary/aromatic N) is 3. The van der Waals surface area contributed by atoms with Crippen molar-refractivity contribution >= 4 is 59.7 Å². The van der Waals surface area contributed by atoms with Crippen LogP contribution in [0, 0.1) is 6.92 Å². The van der Waals surface area contributed by atoms with Crippen LogP contribution in [-0.2, 0) is 7.05 Å². The molecular weight excluding hydrogens is 394 g/mol. The van der Waals surface area contributed by atoms with Crippen LogP contribution in [0.2, 0.25) is 0 Å². The third-order valence-electron chi connectivity index (χ3n) is 4.52. The normalized spacial score (nSPS) is 11.5. The smallest absolute Gasteiger partial charge is 0.364 e. The SMILES string of the molecule is Cc1nc2c(cc(OC(=O)c3nn(C)c(=O)c4ccccc34)c3ccsc32)s1. The molecule has 28 heavy (non-hydrogen) atoms. The molecule has 0 aliphatic heterocycles. The minimum atomic E-state index is -0.597. The van der Waals surface area contributed by atoms with Gasteiger partial charge in [0.1, 0.15) is 5.75 Å². The van der Waals surface area contributed by atoms with Crippen molar-refractivity contribution < 1.29 is 9.53 Å². The number of aromatic nitrogens is 3. The Bertz CT molecular complexity index is 1460. The maximum Gasteiger partial charge on any atom is 0.364 e. The molecule has 0 saturated heterocycles. The second-order valence-corrected chi connectivity index (χ2v) is 8.48. The second kappa shape index (κ2) is 6.22. The van der Waals surface area contributed by atoms with Crippen LogP contribution in [0.1, 0.15) is 15.5 Å². The highest BCUT2D eigenvalue weighted by Gasteiger charge is 2.20. The molecule has 6 nitrogen and oxygen atoms in total. The van der Waals surface area contributed by atoms with Crippen LogP contribution in [0.15, 0.2) is 46.6 Å². The van der Waals surface area contributed by atoms with Gasteiger partial charge >= 0.3 is 5.97 Å². The highest BCUT2D eigenvalue weighted by Crippen LogP contribution is 2.39. The third-order valence-corrected chi connectivity index (χ3v) is 6.36. The van der Waals surface area contributed by atoms with Gasteiger partial charge in [-0.2, -0.15) is 5.10 Å². The summed E-state index contributed by atoms with van der Waals surface area (Å²) < 4.78 is 8.88. The molecule has 2 aromatic carbocycles. The summed E-state index contributed by atoms with van der Waals surface area (Å²) in [5.41, 5.74) is 0.786. The Kier molecular flexibility index (Phi) is 3.78. The van der Waals surface area contributed by atoms with E-state index in [2.05, 4.69) is 10.1 Å². The number of fused-ring (bicyclic) bond motifs is 4. The summed E-state index contributed by atoms with van der Waals surface area (Å²) in [6.45, 7) is 1.95. The topological polar surface area (TPSA) is 74.1 Å². The fourth-order valence-corrected chi connectivity index (χ4v) is 5.10. The number of thiazole rings is 1. The van der Waals surface area contributed by atoms with E-state index in [0.29, 0.717) is 16.5 Å². The van der Waals surface area contributed by atoms with Crippen LogP contribution in [-0.4, -0.2) is 20.7 Å². The summed E-state index contributed by atoms with van der Waals surface area (Å²) in [5.74, 6) is -0.128. The van der Waals surface area contributed by atoms with Gasteiger partial charge in [-0.15, -0.1) is 22.7 Å². The van der Waals surface area contributed by atoms with E-state index in [4.69, 9.17) is 4.74 Å². The first kappa shape index (κ1) is 17.0. The van der Waals surface area contributed by atoms with E-state index in [1.807, 2.05) is 24.4 Å². The lowest BCUT2D eigenvalue weighted by molar-refractivity contribution is 0.0731. The molecule has 0 fully saturated rings. The number of rotatable bonds is 2. The Morgan fingerprint density at radius 3 is 2.75 bits per heavy atom. The second-order valence-electron chi connectivity index (χ2n) is 6.33. The van der Waals surface area contributed by atoms with Crippen LogP contribution in [0.3, 0.4) is 0 Å². The number of hydrogen-bond acceptors (Lipinski definition) is 7. The molecule has 5 rings (SSSR count). The van der Waals surface area contributed by atoms with Crippen molar-refractivity contribution in [3.05, 3.63) is 62.8 Å². The zero-order chi connectivity index (χ0) is 19.4. The molecule has 0 radical (unpaired) electrons. The largest absolute Gasteiger partial charge is 0.421 e. The number of hydrogen-bond donors (Lipinski definition) is 0. The Morgan fingerprint density at radius 1 is 1.14 bits per heavy atom. The summed E-state index contributed by atoms with van der Waals surface area (Å²) in [6.07, 6.45) is 0. The minimum Gasteiger partial charge on any atom is -0.421 e. The standard InChI is InChI=1S/C20H13N3O3S2/c1-10-21-17-15(28-10)9-14(13-7-8-27-18(13)17)26-20(25)16-11-5-3-4-6-12(11)19(24)23(2)22-16/h3-9H,1-2H3. The quantitative estimate of drug-likeness (QED) is 0.322. The number of ether oxygens (including phenoxy) is 1. The summed E-state index contributed by atoms with van der Waals surface area (Å²) in [4.78, 5) is 29.9. The van der Waals surface area contributed by atoms with E-state index >= 15 is 0 Å². The summed E-state index contributed by atoms with van der Waals surface area (Å²) in [6, 6.07) is 10.7.